The summed E-state index contributed by atoms with van der Waals surface area (Å²) in [6, 6.07) is 18.6. The molecule has 0 fully saturated rings. The van der Waals surface area contributed by atoms with Crippen LogP contribution in [-0.2, 0) is 13.0 Å². The Morgan fingerprint density at radius 2 is 1.88 bits per heavy atom. The van der Waals surface area contributed by atoms with Gasteiger partial charge in [0.05, 0.1) is 0 Å². The highest BCUT2D eigenvalue weighted by molar-refractivity contribution is 6.30. The number of amides is 1. The number of benzene rings is 2. The van der Waals surface area contributed by atoms with Gasteiger partial charge in [0.1, 0.15) is 18.1 Å². The highest BCUT2D eigenvalue weighted by Crippen LogP contribution is 2.27. The van der Waals surface area contributed by atoms with Crippen LogP contribution in [-0.4, -0.2) is 5.91 Å². The van der Waals surface area contributed by atoms with Crippen LogP contribution in [0.3, 0.4) is 0 Å². The number of carbonyl (C=O) groups excluding carboxylic acids is 1. The molecule has 0 spiro atoms. The van der Waals surface area contributed by atoms with Crippen molar-refractivity contribution in [2.24, 2.45) is 5.73 Å². The van der Waals surface area contributed by atoms with E-state index in [0.29, 0.717) is 23.8 Å². The number of hydrogen-bond acceptors (Lipinski definition) is 3. The zero-order chi connectivity index (χ0) is 16.9. The number of primary amides is 1. The standard InChI is InChI=1S/C19H16ClNO3/c20-15-6-8-17(23-12-13-4-2-1-3-5-13)14(10-15)11-16-7-9-18(24-16)19(21)22/h1-10H,11-12H2,(H2,21,22). The molecule has 2 N–H and O–H groups in total. The smallest absolute Gasteiger partial charge is 0.284 e. The van der Waals surface area contributed by atoms with Crippen LogP contribution < -0.4 is 10.5 Å². The minimum atomic E-state index is -0.590. The minimum Gasteiger partial charge on any atom is -0.489 e. The summed E-state index contributed by atoms with van der Waals surface area (Å²) < 4.78 is 11.3. The number of furan rings is 1. The monoisotopic (exact) mass is 341 g/mol. The first kappa shape index (κ1) is 16.1. The molecule has 122 valence electrons. The van der Waals surface area contributed by atoms with Crippen molar-refractivity contribution in [2.75, 3.05) is 0 Å². The van der Waals surface area contributed by atoms with E-state index in [2.05, 4.69) is 0 Å². The first-order valence-electron chi connectivity index (χ1n) is 7.45. The van der Waals surface area contributed by atoms with Gasteiger partial charge in [0, 0.05) is 17.0 Å². The topological polar surface area (TPSA) is 65.5 Å². The first-order chi connectivity index (χ1) is 11.6. The van der Waals surface area contributed by atoms with E-state index >= 15 is 0 Å². The summed E-state index contributed by atoms with van der Waals surface area (Å²) in [6.45, 7) is 0.458. The highest BCUT2D eigenvalue weighted by Gasteiger charge is 2.11. The Hall–Kier alpha value is -2.72. The van der Waals surface area contributed by atoms with E-state index in [-0.39, 0.29) is 5.76 Å². The molecule has 0 bridgehead atoms. The van der Waals surface area contributed by atoms with Gasteiger partial charge in [-0.05, 0) is 35.9 Å². The molecule has 0 aliphatic carbocycles. The molecular formula is C19H16ClNO3. The summed E-state index contributed by atoms with van der Waals surface area (Å²) >= 11 is 6.10. The van der Waals surface area contributed by atoms with Crippen LogP contribution in [0, 0.1) is 0 Å². The Labute approximate surface area is 144 Å². The van der Waals surface area contributed by atoms with E-state index in [1.165, 1.54) is 0 Å². The third-order valence-corrected chi connectivity index (χ3v) is 3.76. The van der Waals surface area contributed by atoms with Gasteiger partial charge in [0.15, 0.2) is 5.76 Å². The number of rotatable bonds is 6. The molecular weight excluding hydrogens is 326 g/mol. The van der Waals surface area contributed by atoms with E-state index < -0.39 is 5.91 Å². The van der Waals surface area contributed by atoms with Crippen molar-refractivity contribution < 1.29 is 13.9 Å². The van der Waals surface area contributed by atoms with Crippen LogP contribution in [0.1, 0.15) is 27.4 Å². The van der Waals surface area contributed by atoms with Gasteiger partial charge in [-0.1, -0.05) is 41.9 Å². The van der Waals surface area contributed by atoms with Crippen molar-refractivity contribution in [3.05, 3.63) is 88.3 Å². The lowest BCUT2D eigenvalue weighted by atomic mass is 10.1. The fraction of sp³-hybridized carbons (Fsp3) is 0.105. The van der Waals surface area contributed by atoms with Crippen molar-refractivity contribution in [3.63, 3.8) is 0 Å². The molecule has 0 unspecified atom stereocenters. The van der Waals surface area contributed by atoms with E-state index in [9.17, 15) is 4.79 Å². The molecule has 1 amide bonds. The predicted molar refractivity (Wildman–Crippen MR) is 92.3 cm³/mol. The van der Waals surface area contributed by atoms with Gasteiger partial charge in [0.2, 0.25) is 0 Å². The lowest BCUT2D eigenvalue weighted by Gasteiger charge is -2.11. The van der Waals surface area contributed by atoms with Crippen molar-refractivity contribution >= 4 is 17.5 Å². The Kier molecular flexibility index (Phi) is 4.87. The van der Waals surface area contributed by atoms with Gasteiger partial charge in [0.25, 0.3) is 5.91 Å². The first-order valence-corrected chi connectivity index (χ1v) is 7.83. The molecule has 1 heterocycles. The molecule has 0 aliphatic rings. The van der Waals surface area contributed by atoms with Crippen LogP contribution >= 0.6 is 11.6 Å². The van der Waals surface area contributed by atoms with Crippen molar-refractivity contribution in [2.45, 2.75) is 13.0 Å². The average molecular weight is 342 g/mol. The lowest BCUT2D eigenvalue weighted by molar-refractivity contribution is 0.0972. The van der Waals surface area contributed by atoms with Crippen molar-refractivity contribution in [1.82, 2.24) is 0 Å². The normalized spacial score (nSPS) is 10.5. The van der Waals surface area contributed by atoms with Gasteiger partial charge in [-0.15, -0.1) is 0 Å². The molecule has 1 aromatic heterocycles. The Morgan fingerprint density at radius 1 is 1.08 bits per heavy atom. The average Bonchev–Trinajstić information content (AvgIpc) is 3.04. The zero-order valence-corrected chi connectivity index (χ0v) is 13.6. The summed E-state index contributed by atoms with van der Waals surface area (Å²) in [5, 5.41) is 0.610. The molecule has 0 saturated carbocycles. The van der Waals surface area contributed by atoms with E-state index in [1.54, 1.807) is 18.2 Å². The van der Waals surface area contributed by atoms with Crippen LogP contribution in [0.5, 0.6) is 5.75 Å². The van der Waals surface area contributed by atoms with Gasteiger partial charge in [-0.25, -0.2) is 0 Å². The van der Waals surface area contributed by atoms with Gasteiger partial charge >= 0.3 is 0 Å². The van der Waals surface area contributed by atoms with E-state index in [4.69, 9.17) is 26.5 Å². The summed E-state index contributed by atoms with van der Waals surface area (Å²) in [6.07, 6.45) is 0.456. The third-order valence-electron chi connectivity index (χ3n) is 3.53. The van der Waals surface area contributed by atoms with Crippen LogP contribution in [0.15, 0.2) is 65.1 Å². The predicted octanol–water partition coefficient (Wildman–Crippen LogP) is 4.20. The Morgan fingerprint density at radius 3 is 2.58 bits per heavy atom. The van der Waals surface area contributed by atoms with E-state index in [0.717, 1.165) is 16.9 Å². The number of carbonyl (C=O) groups is 1. The maximum Gasteiger partial charge on any atom is 0.284 e. The number of hydrogen-bond donors (Lipinski definition) is 1. The molecule has 0 radical (unpaired) electrons. The molecule has 0 saturated heterocycles. The maximum absolute atomic E-state index is 11.1. The summed E-state index contributed by atoms with van der Waals surface area (Å²) in [5.41, 5.74) is 7.16. The van der Waals surface area contributed by atoms with Gasteiger partial charge < -0.3 is 14.9 Å². The quantitative estimate of drug-likeness (QED) is 0.730. The second-order valence-electron chi connectivity index (χ2n) is 5.33. The number of nitrogens with two attached hydrogens (primary N) is 1. The largest absolute Gasteiger partial charge is 0.489 e. The summed E-state index contributed by atoms with van der Waals surface area (Å²) in [7, 11) is 0. The second-order valence-corrected chi connectivity index (χ2v) is 5.77. The maximum atomic E-state index is 11.1. The fourth-order valence-electron chi connectivity index (χ4n) is 2.36. The molecule has 3 rings (SSSR count). The summed E-state index contributed by atoms with van der Waals surface area (Å²) in [5.74, 6) is 0.891. The summed E-state index contributed by atoms with van der Waals surface area (Å²) in [4.78, 5) is 11.1. The number of halogens is 1. The fourth-order valence-corrected chi connectivity index (χ4v) is 2.55. The molecule has 0 atom stereocenters. The van der Waals surface area contributed by atoms with E-state index in [1.807, 2.05) is 42.5 Å². The SMILES string of the molecule is NC(=O)c1ccc(Cc2cc(Cl)ccc2OCc2ccccc2)o1. The number of ether oxygens (including phenoxy) is 1. The van der Waals surface area contributed by atoms with Crippen molar-refractivity contribution in [3.8, 4) is 5.75 Å². The van der Waals surface area contributed by atoms with Crippen molar-refractivity contribution in [1.29, 1.82) is 0 Å². The second kappa shape index (κ2) is 7.23. The molecule has 2 aromatic carbocycles. The molecule has 24 heavy (non-hydrogen) atoms. The van der Waals surface area contributed by atoms with Crippen LogP contribution in [0.4, 0.5) is 0 Å². The van der Waals surface area contributed by atoms with Gasteiger partial charge in [-0.2, -0.15) is 0 Å². The molecule has 4 nitrogen and oxygen atoms in total. The molecule has 0 aliphatic heterocycles. The molecule has 5 heteroatoms. The highest BCUT2D eigenvalue weighted by atomic mass is 35.5. The minimum absolute atomic E-state index is 0.138. The van der Waals surface area contributed by atoms with Crippen LogP contribution in [0.25, 0.3) is 0 Å². The Balaban J connectivity index is 1.78. The van der Waals surface area contributed by atoms with Crippen LogP contribution in [0.2, 0.25) is 5.02 Å². The zero-order valence-electron chi connectivity index (χ0n) is 12.9. The molecule has 3 aromatic rings. The third kappa shape index (κ3) is 3.97. The lowest BCUT2D eigenvalue weighted by Crippen LogP contribution is -2.09. The van der Waals surface area contributed by atoms with Gasteiger partial charge in [-0.3, -0.25) is 4.79 Å². The Bertz CT molecular complexity index is 843.